The van der Waals surface area contributed by atoms with Gasteiger partial charge in [0.05, 0.1) is 4.92 Å². The number of hydrogen-bond donors (Lipinski definition) is 1. The number of carbonyl (C=O) groups excluding carboxylic acids is 3. The van der Waals surface area contributed by atoms with Gasteiger partial charge in [-0.05, 0) is 30.3 Å². The molecule has 0 aromatic heterocycles. The van der Waals surface area contributed by atoms with Gasteiger partial charge in [-0.1, -0.05) is 46.3 Å². The summed E-state index contributed by atoms with van der Waals surface area (Å²) in [6.07, 6.45) is 0. The zero-order valence-corrected chi connectivity index (χ0v) is 16.2. The summed E-state index contributed by atoms with van der Waals surface area (Å²) in [6.45, 7) is 0. The molecule has 0 spiro atoms. The van der Waals surface area contributed by atoms with Crippen LogP contribution in [0.25, 0.3) is 0 Å². The lowest BCUT2D eigenvalue weighted by Crippen LogP contribution is -2.24. The standard InChI is InChI=1S/C21H11BrN2O5/c22-11-4-3-5-12(10-11)23-21(27)16-9-8-15-17(18(16)24(28)29)20(26)14-7-2-1-6-13(14)19(15)25/h1-10H,(H,23,27). The van der Waals surface area contributed by atoms with Gasteiger partial charge in [0.1, 0.15) is 11.1 Å². The van der Waals surface area contributed by atoms with Crippen LogP contribution in [-0.4, -0.2) is 22.4 Å². The molecule has 1 aliphatic rings. The minimum atomic E-state index is -0.798. The number of fused-ring (bicyclic) bond motifs is 2. The molecule has 142 valence electrons. The van der Waals surface area contributed by atoms with Crippen molar-refractivity contribution in [3.8, 4) is 0 Å². The van der Waals surface area contributed by atoms with Crippen LogP contribution >= 0.6 is 15.9 Å². The lowest BCUT2D eigenvalue weighted by molar-refractivity contribution is -0.385. The molecule has 0 atom stereocenters. The van der Waals surface area contributed by atoms with E-state index in [0.717, 1.165) is 0 Å². The number of nitrogens with one attached hydrogen (secondary N) is 1. The first-order chi connectivity index (χ1) is 13.9. The number of amides is 1. The summed E-state index contributed by atoms with van der Waals surface area (Å²) in [6, 6.07) is 15.3. The number of halogens is 1. The van der Waals surface area contributed by atoms with Crippen LogP contribution in [0.4, 0.5) is 11.4 Å². The largest absolute Gasteiger partial charge is 0.322 e. The van der Waals surface area contributed by atoms with E-state index in [1.165, 1.54) is 24.3 Å². The van der Waals surface area contributed by atoms with Gasteiger partial charge in [0.2, 0.25) is 5.78 Å². The highest BCUT2D eigenvalue weighted by atomic mass is 79.9. The fourth-order valence-electron chi connectivity index (χ4n) is 3.31. The van der Waals surface area contributed by atoms with E-state index in [1.807, 2.05) is 0 Å². The summed E-state index contributed by atoms with van der Waals surface area (Å²) in [5.74, 6) is -1.90. The molecule has 3 aromatic rings. The number of rotatable bonds is 3. The van der Waals surface area contributed by atoms with Gasteiger partial charge in [-0.15, -0.1) is 0 Å². The maximum atomic E-state index is 13.0. The van der Waals surface area contributed by atoms with Crippen LogP contribution in [0, 0.1) is 10.1 Å². The van der Waals surface area contributed by atoms with Gasteiger partial charge >= 0.3 is 0 Å². The summed E-state index contributed by atoms with van der Waals surface area (Å²) in [7, 11) is 0. The van der Waals surface area contributed by atoms with Crippen molar-refractivity contribution in [2.45, 2.75) is 0 Å². The van der Waals surface area contributed by atoms with Gasteiger partial charge in [-0.3, -0.25) is 24.5 Å². The Morgan fingerprint density at radius 2 is 1.59 bits per heavy atom. The lowest BCUT2D eigenvalue weighted by atomic mass is 9.82. The average Bonchev–Trinajstić information content (AvgIpc) is 2.71. The van der Waals surface area contributed by atoms with Gasteiger partial charge in [-0.25, -0.2) is 0 Å². The monoisotopic (exact) mass is 450 g/mol. The van der Waals surface area contributed by atoms with Crippen LogP contribution in [-0.2, 0) is 0 Å². The molecular weight excluding hydrogens is 440 g/mol. The Labute approximate surface area is 172 Å². The van der Waals surface area contributed by atoms with Crippen molar-refractivity contribution in [2.24, 2.45) is 0 Å². The van der Waals surface area contributed by atoms with E-state index in [0.29, 0.717) is 10.2 Å². The number of anilines is 1. The number of hydrogen-bond acceptors (Lipinski definition) is 5. The van der Waals surface area contributed by atoms with Crippen molar-refractivity contribution < 1.29 is 19.3 Å². The van der Waals surface area contributed by atoms with Gasteiger partial charge < -0.3 is 5.32 Å². The fraction of sp³-hybridized carbons (Fsp3) is 0. The number of ketones is 2. The highest BCUT2D eigenvalue weighted by Crippen LogP contribution is 2.35. The fourth-order valence-corrected chi connectivity index (χ4v) is 3.71. The van der Waals surface area contributed by atoms with Gasteiger partial charge in [0.15, 0.2) is 5.78 Å². The summed E-state index contributed by atoms with van der Waals surface area (Å²) >= 11 is 3.28. The van der Waals surface area contributed by atoms with Crippen LogP contribution in [0.3, 0.4) is 0 Å². The van der Waals surface area contributed by atoms with Crippen LogP contribution in [0.2, 0.25) is 0 Å². The second-order valence-electron chi connectivity index (χ2n) is 6.31. The van der Waals surface area contributed by atoms with Gasteiger partial charge in [-0.2, -0.15) is 0 Å². The third-order valence-corrected chi connectivity index (χ3v) is 5.07. The first-order valence-electron chi connectivity index (χ1n) is 8.45. The van der Waals surface area contributed by atoms with Crippen molar-refractivity contribution >= 4 is 44.8 Å². The molecule has 0 bridgehead atoms. The van der Waals surface area contributed by atoms with Crippen molar-refractivity contribution in [2.75, 3.05) is 5.32 Å². The first-order valence-corrected chi connectivity index (χ1v) is 9.24. The Kier molecular flexibility index (Phi) is 4.56. The Morgan fingerprint density at radius 1 is 0.897 bits per heavy atom. The maximum absolute atomic E-state index is 13.0. The molecule has 0 fully saturated rings. The Hall–Kier alpha value is -3.65. The van der Waals surface area contributed by atoms with E-state index >= 15 is 0 Å². The van der Waals surface area contributed by atoms with Crippen molar-refractivity contribution in [3.05, 3.63) is 103 Å². The third-order valence-electron chi connectivity index (χ3n) is 4.58. The third kappa shape index (κ3) is 3.13. The molecular formula is C21H11BrN2O5. The molecule has 0 radical (unpaired) electrons. The summed E-state index contributed by atoms with van der Waals surface area (Å²) in [5, 5.41) is 14.4. The number of benzene rings is 3. The maximum Gasteiger partial charge on any atom is 0.294 e. The molecule has 7 nitrogen and oxygen atoms in total. The first kappa shape index (κ1) is 18.7. The zero-order chi connectivity index (χ0) is 20.7. The average molecular weight is 451 g/mol. The molecule has 8 heteroatoms. The molecule has 1 amide bonds. The minimum absolute atomic E-state index is 0.0812. The number of nitrogens with zero attached hydrogens (tertiary/aromatic N) is 1. The highest BCUT2D eigenvalue weighted by Gasteiger charge is 2.38. The van der Waals surface area contributed by atoms with E-state index in [1.54, 1.807) is 36.4 Å². The van der Waals surface area contributed by atoms with E-state index in [-0.39, 0.29) is 27.8 Å². The van der Waals surface area contributed by atoms with E-state index < -0.39 is 28.1 Å². The number of nitro groups is 1. The predicted molar refractivity (Wildman–Crippen MR) is 108 cm³/mol. The Bertz CT molecular complexity index is 1240. The number of carbonyl (C=O) groups is 3. The minimum Gasteiger partial charge on any atom is -0.322 e. The topological polar surface area (TPSA) is 106 Å². The Balaban J connectivity index is 1.86. The molecule has 0 heterocycles. The molecule has 0 aliphatic heterocycles. The molecule has 1 aliphatic carbocycles. The van der Waals surface area contributed by atoms with Crippen LogP contribution < -0.4 is 5.32 Å². The molecule has 0 saturated heterocycles. The van der Waals surface area contributed by atoms with Crippen molar-refractivity contribution in [1.82, 2.24) is 0 Å². The molecule has 4 rings (SSSR count). The van der Waals surface area contributed by atoms with Crippen molar-refractivity contribution in [3.63, 3.8) is 0 Å². The molecule has 29 heavy (non-hydrogen) atoms. The second kappa shape index (κ2) is 7.06. The summed E-state index contributed by atoms with van der Waals surface area (Å²) < 4.78 is 0.715. The van der Waals surface area contributed by atoms with Gasteiger partial charge in [0, 0.05) is 26.9 Å². The second-order valence-corrected chi connectivity index (χ2v) is 7.23. The summed E-state index contributed by atoms with van der Waals surface area (Å²) in [5.41, 5.74) is -0.732. The molecule has 1 N–H and O–H groups in total. The van der Waals surface area contributed by atoms with E-state index in [9.17, 15) is 24.5 Å². The number of nitro benzene ring substituents is 1. The SMILES string of the molecule is O=C1c2ccccc2C(=O)c2c1ccc(C(=O)Nc1cccc(Br)c1)c2[N+](=O)[O-]. The summed E-state index contributed by atoms with van der Waals surface area (Å²) in [4.78, 5) is 49.5. The smallest absolute Gasteiger partial charge is 0.294 e. The van der Waals surface area contributed by atoms with E-state index in [4.69, 9.17) is 0 Å². The van der Waals surface area contributed by atoms with Crippen LogP contribution in [0.5, 0.6) is 0 Å². The quantitative estimate of drug-likeness (QED) is 0.368. The Morgan fingerprint density at radius 3 is 2.24 bits per heavy atom. The molecule has 0 unspecified atom stereocenters. The van der Waals surface area contributed by atoms with Crippen LogP contribution in [0.1, 0.15) is 42.2 Å². The van der Waals surface area contributed by atoms with Gasteiger partial charge in [0.25, 0.3) is 11.6 Å². The van der Waals surface area contributed by atoms with Crippen molar-refractivity contribution in [1.29, 1.82) is 0 Å². The van der Waals surface area contributed by atoms with Crippen LogP contribution in [0.15, 0.2) is 65.1 Å². The molecule has 3 aromatic carbocycles. The predicted octanol–water partition coefficient (Wildman–Crippen LogP) is 4.39. The highest BCUT2D eigenvalue weighted by molar-refractivity contribution is 9.10. The molecule has 0 saturated carbocycles. The normalized spacial score (nSPS) is 12.2. The lowest BCUT2D eigenvalue weighted by Gasteiger charge is -2.18. The van der Waals surface area contributed by atoms with E-state index in [2.05, 4.69) is 21.2 Å². The zero-order valence-electron chi connectivity index (χ0n) is 14.6.